The Morgan fingerprint density at radius 1 is 1.29 bits per heavy atom. The van der Waals surface area contributed by atoms with Crippen molar-refractivity contribution in [2.24, 2.45) is 0 Å². The molecule has 1 aliphatic heterocycles. The minimum absolute atomic E-state index is 0.0166. The van der Waals surface area contributed by atoms with E-state index in [2.05, 4.69) is 24.1 Å². The van der Waals surface area contributed by atoms with Crippen LogP contribution in [0.4, 0.5) is 8.78 Å². The molecule has 1 N–H and O–H groups in total. The zero-order valence-electron chi connectivity index (χ0n) is 13.0. The van der Waals surface area contributed by atoms with E-state index in [0.717, 1.165) is 38.5 Å². The van der Waals surface area contributed by atoms with Gasteiger partial charge in [-0.3, -0.25) is 0 Å². The molecular formula is C17H26F2N2. The molecule has 1 fully saturated rings. The number of nitrogens with one attached hydrogen (secondary N) is 1. The molecule has 0 saturated carbocycles. The SMILES string of the molecule is CCCNC(CCN1CCCC1C)c1cc(F)cc(F)c1. The predicted octanol–water partition coefficient (Wildman–Crippen LogP) is 3.88. The molecule has 2 nitrogen and oxygen atoms in total. The molecule has 1 saturated heterocycles. The molecular weight excluding hydrogens is 270 g/mol. The minimum Gasteiger partial charge on any atom is -0.310 e. The first kappa shape index (κ1) is 16.4. The number of rotatable bonds is 7. The van der Waals surface area contributed by atoms with Crippen LogP contribution < -0.4 is 5.32 Å². The fourth-order valence-electron chi connectivity index (χ4n) is 3.10. The molecule has 1 aromatic rings. The highest BCUT2D eigenvalue weighted by Gasteiger charge is 2.21. The third-order valence-corrected chi connectivity index (χ3v) is 4.32. The highest BCUT2D eigenvalue weighted by Crippen LogP contribution is 2.23. The van der Waals surface area contributed by atoms with Gasteiger partial charge in [0.05, 0.1) is 0 Å². The van der Waals surface area contributed by atoms with Crippen LogP contribution >= 0.6 is 0 Å². The van der Waals surface area contributed by atoms with E-state index in [0.29, 0.717) is 11.6 Å². The van der Waals surface area contributed by atoms with E-state index in [4.69, 9.17) is 0 Å². The van der Waals surface area contributed by atoms with Crippen LogP contribution in [0.5, 0.6) is 0 Å². The van der Waals surface area contributed by atoms with Crippen LogP contribution in [-0.4, -0.2) is 30.6 Å². The van der Waals surface area contributed by atoms with Crippen LogP contribution in [-0.2, 0) is 0 Å². The molecule has 4 heteroatoms. The fourth-order valence-corrected chi connectivity index (χ4v) is 3.10. The van der Waals surface area contributed by atoms with Crippen LogP contribution in [0.1, 0.15) is 51.1 Å². The average molecular weight is 296 g/mol. The largest absolute Gasteiger partial charge is 0.310 e. The Kier molecular flexibility index (Phi) is 6.12. The first-order valence-corrected chi connectivity index (χ1v) is 8.03. The van der Waals surface area contributed by atoms with E-state index >= 15 is 0 Å². The second kappa shape index (κ2) is 7.85. The third-order valence-electron chi connectivity index (χ3n) is 4.32. The Hall–Kier alpha value is -1.00. The Morgan fingerprint density at radius 2 is 2.00 bits per heavy atom. The molecule has 2 unspecified atom stereocenters. The van der Waals surface area contributed by atoms with Crippen molar-refractivity contribution in [3.63, 3.8) is 0 Å². The summed E-state index contributed by atoms with van der Waals surface area (Å²) in [6.07, 6.45) is 4.39. The van der Waals surface area contributed by atoms with Gasteiger partial charge in [-0.05, 0) is 63.4 Å². The van der Waals surface area contributed by atoms with Gasteiger partial charge in [-0.2, -0.15) is 0 Å². The summed E-state index contributed by atoms with van der Waals surface area (Å²) in [6, 6.07) is 4.47. The molecule has 0 bridgehead atoms. The van der Waals surface area contributed by atoms with E-state index in [9.17, 15) is 8.78 Å². The summed E-state index contributed by atoms with van der Waals surface area (Å²) >= 11 is 0. The minimum atomic E-state index is -0.497. The number of nitrogens with zero attached hydrogens (tertiary/aromatic N) is 1. The highest BCUT2D eigenvalue weighted by molar-refractivity contribution is 5.21. The molecule has 0 radical (unpaired) electrons. The molecule has 2 atom stereocenters. The number of hydrogen-bond acceptors (Lipinski definition) is 2. The Balaban J connectivity index is 2.02. The van der Waals surface area contributed by atoms with Crippen molar-refractivity contribution in [1.29, 1.82) is 0 Å². The maximum Gasteiger partial charge on any atom is 0.126 e. The van der Waals surface area contributed by atoms with Crippen LogP contribution in [0.2, 0.25) is 0 Å². The Morgan fingerprint density at radius 3 is 2.57 bits per heavy atom. The van der Waals surface area contributed by atoms with Gasteiger partial charge in [0, 0.05) is 24.7 Å². The number of halogens is 2. The first-order chi connectivity index (χ1) is 10.1. The number of benzene rings is 1. The summed E-state index contributed by atoms with van der Waals surface area (Å²) in [5.74, 6) is -0.995. The third kappa shape index (κ3) is 4.75. The predicted molar refractivity (Wildman–Crippen MR) is 82.3 cm³/mol. The maximum atomic E-state index is 13.4. The summed E-state index contributed by atoms with van der Waals surface area (Å²) < 4.78 is 26.9. The second-order valence-electron chi connectivity index (χ2n) is 6.03. The summed E-state index contributed by atoms with van der Waals surface area (Å²) in [7, 11) is 0. The van der Waals surface area contributed by atoms with Crippen molar-refractivity contribution >= 4 is 0 Å². The maximum absolute atomic E-state index is 13.4. The van der Waals surface area contributed by atoms with E-state index in [1.54, 1.807) is 0 Å². The lowest BCUT2D eigenvalue weighted by molar-refractivity contribution is 0.251. The van der Waals surface area contributed by atoms with Crippen molar-refractivity contribution < 1.29 is 8.78 Å². The zero-order valence-corrected chi connectivity index (χ0v) is 13.0. The van der Waals surface area contributed by atoms with Gasteiger partial charge in [0.15, 0.2) is 0 Å². The fraction of sp³-hybridized carbons (Fsp3) is 0.647. The molecule has 1 aromatic carbocycles. The first-order valence-electron chi connectivity index (χ1n) is 8.03. The molecule has 0 amide bonds. The summed E-state index contributed by atoms with van der Waals surface area (Å²) in [4.78, 5) is 2.47. The number of hydrogen-bond donors (Lipinski definition) is 1. The molecule has 0 aromatic heterocycles. The molecule has 2 rings (SSSR count). The van der Waals surface area contributed by atoms with Gasteiger partial charge in [-0.1, -0.05) is 6.92 Å². The van der Waals surface area contributed by atoms with Gasteiger partial charge < -0.3 is 10.2 Å². The lowest BCUT2D eigenvalue weighted by Crippen LogP contribution is -2.32. The normalized spacial score (nSPS) is 20.9. The van der Waals surface area contributed by atoms with Gasteiger partial charge in [0.25, 0.3) is 0 Å². The van der Waals surface area contributed by atoms with Gasteiger partial charge in [-0.25, -0.2) is 8.78 Å². The molecule has 1 heterocycles. The van der Waals surface area contributed by atoms with E-state index in [-0.39, 0.29) is 6.04 Å². The average Bonchev–Trinajstić information content (AvgIpc) is 2.83. The smallest absolute Gasteiger partial charge is 0.126 e. The Labute approximate surface area is 126 Å². The van der Waals surface area contributed by atoms with Crippen LogP contribution in [0.15, 0.2) is 18.2 Å². The molecule has 1 aliphatic rings. The monoisotopic (exact) mass is 296 g/mol. The molecule has 0 spiro atoms. The summed E-state index contributed by atoms with van der Waals surface area (Å²) in [5.41, 5.74) is 0.716. The quantitative estimate of drug-likeness (QED) is 0.821. The van der Waals surface area contributed by atoms with Gasteiger partial charge in [-0.15, -0.1) is 0 Å². The van der Waals surface area contributed by atoms with Crippen molar-refractivity contribution in [3.8, 4) is 0 Å². The van der Waals surface area contributed by atoms with Crippen LogP contribution in [0.25, 0.3) is 0 Å². The summed E-state index contributed by atoms with van der Waals surface area (Å²) in [5, 5.41) is 3.42. The standard InChI is InChI=1S/C17H26F2N2/c1-3-7-20-17(6-9-21-8-4-5-13(21)2)14-10-15(18)12-16(19)11-14/h10-13,17,20H,3-9H2,1-2H3. The lowest BCUT2D eigenvalue weighted by Gasteiger charge is -2.25. The molecule has 0 aliphatic carbocycles. The van der Waals surface area contributed by atoms with Crippen molar-refractivity contribution in [2.75, 3.05) is 19.6 Å². The van der Waals surface area contributed by atoms with Gasteiger partial charge in [0.2, 0.25) is 0 Å². The molecule has 118 valence electrons. The van der Waals surface area contributed by atoms with Crippen molar-refractivity contribution in [1.82, 2.24) is 10.2 Å². The van der Waals surface area contributed by atoms with E-state index < -0.39 is 11.6 Å². The van der Waals surface area contributed by atoms with Crippen molar-refractivity contribution in [3.05, 3.63) is 35.4 Å². The van der Waals surface area contributed by atoms with E-state index in [1.807, 2.05) is 0 Å². The zero-order chi connectivity index (χ0) is 15.2. The van der Waals surface area contributed by atoms with Crippen LogP contribution in [0.3, 0.4) is 0 Å². The van der Waals surface area contributed by atoms with Crippen LogP contribution in [0, 0.1) is 11.6 Å². The van der Waals surface area contributed by atoms with E-state index in [1.165, 1.54) is 25.0 Å². The second-order valence-corrected chi connectivity index (χ2v) is 6.03. The van der Waals surface area contributed by atoms with Crippen molar-refractivity contribution in [2.45, 2.75) is 51.6 Å². The Bertz CT molecular complexity index is 430. The lowest BCUT2D eigenvalue weighted by atomic mass is 10.0. The van der Waals surface area contributed by atoms with Gasteiger partial charge in [0.1, 0.15) is 11.6 Å². The molecule has 21 heavy (non-hydrogen) atoms. The summed E-state index contributed by atoms with van der Waals surface area (Å²) in [6.45, 7) is 7.32. The topological polar surface area (TPSA) is 15.3 Å². The van der Waals surface area contributed by atoms with Gasteiger partial charge >= 0.3 is 0 Å². The highest BCUT2D eigenvalue weighted by atomic mass is 19.1. The number of likely N-dealkylation sites (tertiary alicyclic amines) is 1.